The summed E-state index contributed by atoms with van der Waals surface area (Å²) in [4.78, 5) is 13.0. The number of aliphatic hydroxyl groups excluding tert-OH is 8. The van der Waals surface area contributed by atoms with Gasteiger partial charge in [-0.05, 0) is 12.8 Å². The summed E-state index contributed by atoms with van der Waals surface area (Å²) < 4.78 is 22.7. The summed E-state index contributed by atoms with van der Waals surface area (Å²) in [5, 5.41) is 86.6. The lowest BCUT2D eigenvalue weighted by Gasteiger charge is -2.46. The third-order valence-electron chi connectivity index (χ3n) is 13.3. The van der Waals surface area contributed by atoms with Crippen LogP contribution in [0.3, 0.4) is 0 Å². The van der Waals surface area contributed by atoms with Gasteiger partial charge in [-0.25, -0.2) is 0 Å². The van der Waals surface area contributed by atoms with Gasteiger partial charge in [0.1, 0.15) is 48.8 Å². The molecule has 1 amide bonds. The molecule has 2 rings (SSSR count). The fourth-order valence-electron chi connectivity index (χ4n) is 9.00. The number of unbranched alkanes of at least 4 members (excludes halogenated alkanes) is 28. The zero-order valence-corrected chi connectivity index (χ0v) is 40.3. The van der Waals surface area contributed by atoms with E-state index < -0.39 is 86.8 Å². The maximum Gasteiger partial charge on any atom is 0.220 e. The average Bonchev–Trinajstić information content (AvgIpc) is 3.29. The highest BCUT2D eigenvalue weighted by molar-refractivity contribution is 5.76. The second-order valence-corrected chi connectivity index (χ2v) is 19.0. The predicted molar refractivity (Wildman–Crippen MR) is 249 cm³/mol. The molecule has 380 valence electrons. The molecule has 2 fully saturated rings. The summed E-state index contributed by atoms with van der Waals surface area (Å²) in [6, 6.07) is -0.819. The Hall–Kier alpha value is -1.01. The Kier molecular flexibility index (Phi) is 35.0. The van der Waals surface area contributed by atoms with Crippen LogP contribution >= 0.6 is 0 Å². The minimum Gasteiger partial charge on any atom is -0.394 e. The molecule has 12 unspecified atom stereocenters. The minimum absolute atomic E-state index is 0.214. The van der Waals surface area contributed by atoms with E-state index in [-0.39, 0.29) is 12.5 Å². The first-order valence-corrected chi connectivity index (χ1v) is 26.3. The Morgan fingerprint density at radius 1 is 0.500 bits per heavy atom. The van der Waals surface area contributed by atoms with Crippen LogP contribution in [-0.2, 0) is 23.7 Å². The van der Waals surface area contributed by atoms with Crippen molar-refractivity contribution in [3.8, 4) is 0 Å². The Morgan fingerprint density at radius 3 is 1.33 bits per heavy atom. The smallest absolute Gasteiger partial charge is 0.220 e. The molecule has 64 heavy (non-hydrogen) atoms. The predicted octanol–water partition coefficient (Wildman–Crippen LogP) is 7.00. The standard InChI is InChI=1S/C50H97NO13/c1-3-5-7-9-11-12-13-14-15-16-17-18-19-20-21-22-23-24-25-26-27-28-29-31-33-39(54)38(51-42(55)34-32-30-10-8-6-4-2)37-61-49-47(60)45(58)48(41(36-53)63-49)64-50-46(59)44(57)43(56)40(35-52)62-50/h38-41,43-50,52-54,56-60H,3-37H2,1-2H3,(H,51,55). The molecule has 0 aromatic carbocycles. The van der Waals surface area contributed by atoms with Crippen molar-refractivity contribution in [1.29, 1.82) is 0 Å². The number of aliphatic hydroxyl groups is 8. The van der Waals surface area contributed by atoms with Crippen LogP contribution in [0.2, 0.25) is 0 Å². The molecular formula is C50H97NO13. The molecule has 12 atom stereocenters. The molecule has 14 nitrogen and oxygen atoms in total. The van der Waals surface area contributed by atoms with Crippen LogP contribution in [0, 0.1) is 0 Å². The maximum absolute atomic E-state index is 13.0. The van der Waals surface area contributed by atoms with E-state index in [4.69, 9.17) is 18.9 Å². The SMILES string of the molecule is CCCCCCCCCCCCCCCCCCCCCCCCCCC(O)C(COC1OC(CO)C(OC2OC(CO)C(O)C(O)C2O)C(O)C1O)NC(=O)CCCCCCCC. The third-order valence-corrected chi connectivity index (χ3v) is 13.3. The summed E-state index contributed by atoms with van der Waals surface area (Å²) in [5.41, 5.74) is 0. The largest absolute Gasteiger partial charge is 0.394 e. The summed E-state index contributed by atoms with van der Waals surface area (Å²) >= 11 is 0. The summed E-state index contributed by atoms with van der Waals surface area (Å²) in [7, 11) is 0. The van der Waals surface area contributed by atoms with Gasteiger partial charge in [-0.15, -0.1) is 0 Å². The average molecular weight is 920 g/mol. The molecular weight excluding hydrogens is 823 g/mol. The van der Waals surface area contributed by atoms with Gasteiger partial charge in [-0.2, -0.15) is 0 Å². The second-order valence-electron chi connectivity index (χ2n) is 19.0. The Labute approximate surface area is 387 Å². The lowest BCUT2D eigenvalue weighted by molar-refractivity contribution is -0.359. The lowest BCUT2D eigenvalue weighted by Crippen LogP contribution is -2.65. The van der Waals surface area contributed by atoms with E-state index >= 15 is 0 Å². The number of hydrogen-bond acceptors (Lipinski definition) is 13. The quantitative estimate of drug-likeness (QED) is 0.0282. The van der Waals surface area contributed by atoms with E-state index in [0.29, 0.717) is 12.8 Å². The third kappa shape index (κ3) is 24.8. The highest BCUT2D eigenvalue weighted by Gasteiger charge is 2.51. The molecule has 0 aromatic rings. The highest BCUT2D eigenvalue weighted by atomic mass is 16.7. The van der Waals surface area contributed by atoms with Crippen LogP contribution in [0.25, 0.3) is 0 Å². The van der Waals surface area contributed by atoms with Crippen LogP contribution in [0.15, 0.2) is 0 Å². The Bertz CT molecular complexity index is 1090. The second kappa shape index (κ2) is 37.9. The van der Waals surface area contributed by atoms with Gasteiger partial charge in [0.15, 0.2) is 12.6 Å². The van der Waals surface area contributed by atoms with E-state index in [9.17, 15) is 45.6 Å². The summed E-state index contributed by atoms with van der Waals surface area (Å²) in [5.74, 6) is -0.214. The fraction of sp³-hybridized carbons (Fsp3) is 0.980. The molecule has 2 heterocycles. The molecule has 0 aromatic heterocycles. The molecule has 2 aliphatic heterocycles. The van der Waals surface area contributed by atoms with Crippen molar-refractivity contribution >= 4 is 5.91 Å². The molecule has 0 radical (unpaired) electrons. The first kappa shape index (κ1) is 59.1. The molecule has 2 aliphatic rings. The van der Waals surface area contributed by atoms with Crippen molar-refractivity contribution in [3.63, 3.8) is 0 Å². The number of ether oxygens (including phenoxy) is 4. The van der Waals surface area contributed by atoms with Crippen molar-refractivity contribution in [1.82, 2.24) is 5.32 Å². The topological polar surface area (TPSA) is 228 Å². The monoisotopic (exact) mass is 920 g/mol. The molecule has 0 bridgehead atoms. The number of amides is 1. The van der Waals surface area contributed by atoms with Gasteiger partial charge in [-0.1, -0.05) is 200 Å². The molecule has 2 saturated heterocycles. The molecule has 0 spiro atoms. The number of carbonyl (C=O) groups is 1. The van der Waals surface area contributed by atoms with E-state index in [1.165, 1.54) is 135 Å². The van der Waals surface area contributed by atoms with Gasteiger partial charge in [0.25, 0.3) is 0 Å². The molecule has 14 heteroatoms. The van der Waals surface area contributed by atoms with Crippen LogP contribution in [0.5, 0.6) is 0 Å². The van der Waals surface area contributed by atoms with Gasteiger partial charge < -0.3 is 65.1 Å². The zero-order chi connectivity index (χ0) is 46.8. The number of hydrogen-bond donors (Lipinski definition) is 9. The Balaban J connectivity index is 1.69. The van der Waals surface area contributed by atoms with Crippen molar-refractivity contribution in [2.24, 2.45) is 0 Å². The van der Waals surface area contributed by atoms with E-state index in [1.807, 2.05) is 0 Å². The van der Waals surface area contributed by atoms with Gasteiger partial charge in [0.05, 0.1) is 32.0 Å². The minimum atomic E-state index is -1.78. The molecule has 0 aliphatic carbocycles. The van der Waals surface area contributed by atoms with Crippen molar-refractivity contribution < 1.29 is 64.6 Å². The van der Waals surface area contributed by atoms with E-state index in [2.05, 4.69) is 19.2 Å². The zero-order valence-electron chi connectivity index (χ0n) is 40.3. The van der Waals surface area contributed by atoms with Gasteiger partial charge in [-0.3, -0.25) is 4.79 Å². The fourth-order valence-corrected chi connectivity index (χ4v) is 9.00. The highest BCUT2D eigenvalue weighted by Crippen LogP contribution is 2.30. The number of nitrogens with one attached hydrogen (secondary N) is 1. The molecule has 9 N–H and O–H groups in total. The number of rotatable bonds is 41. The van der Waals surface area contributed by atoms with Crippen LogP contribution in [0.4, 0.5) is 0 Å². The van der Waals surface area contributed by atoms with Gasteiger partial charge in [0.2, 0.25) is 5.91 Å². The normalized spacial score (nSPS) is 27.2. The van der Waals surface area contributed by atoms with Crippen LogP contribution in [-0.4, -0.2) is 140 Å². The van der Waals surface area contributed by atoms with E-state index in [0.717, 1.165) is 57.8 Å². The Morgan fingerprint density at radius 2 is 0.891 bits per heavy atom. The van der Waals surface area contributed by atoms with Crippen LogP contribution < -0.4 is 5.32 Å². The first-order valence-electron chi connectivity index (χ1n) is 26.3. The first-order chi connectivity index (χ1) is 31.1. The van der Waals surface area contributed by atoms with Crippen molar-refractivity contribution in [2.45, 2.75) is 293 Å². The summed E-state index contributed by atoms with van der Waals surface area (Å²) in [6.07, 6.45) is 21.6. The van der Waals surface area contributed by atoms with Gasteiger partial charge >= 0.3 is 0 Å². The maximum atomic E-state index is 13.0. The lowest BCUT2D eigenvalue weighted by atomic mass is 9.97. The number of carbonyl (C=O) groups excluding carboxylic acids is 1. The van der Waals surface area contributed by atoms with Crippen molar-refractivity contribution in [3.05, 3.63) is 0 Å². The summed E-state index contributed by atoms with van der Waals surface area (Å²) in [6.45, 7) is 2.79. The van der Waals surface area contributed by atoms with Crippen LogP contribution in [0.1, 0.15) is 219 Å². The van der Waals surface area contributed by atoms with E-state index in [1.54, 1.807) is 0 Å². The van der Waals surface area contributed by atoms with Gasteiger partial charge in [0, 0.05) is 6.42 Å². The van der Waals surface area contributed by atoms with Crippen molar-refractivity contribution in [2.75, 3.05) is 19.8 Å². The molecule has 0 saturated carbocycles.